The van der Waals surface area contributed by atoms with Crippen molar-refractivity contribution in [1.82, 2.24) is 14.7 Å². The van der Waals surface area contributed by atoms with Crippen LogP contribution in [0.4, 0.5) is 10.5 Å². The molecule has 2 unspecified atom stereocenters. The molecule has 3 amide bonds. The zero-order valence-electron chi connectivity index (χ0n) is 18.7. The number of hydrogen-bond donors (Lipinski definition) is 0. The number of nitrogens with zero attached hydrogens (tertiary/aromatic N) is 5. The number of hydrogen-bond acceptors (Lipinski definition) is 7. The molecular weight excluding hydrogens is 422 g/mol. The number of fused-ring (bicyclic) bond motifs is 3. The fourth-order valence-corrected chi connectivity index (χ4v) is 4.44. The van der Waals surface area contributed by atoms with Gasteiger partial charge in [0.2, 0.25) is 5.96 Å². The number of carbonyl (C=O) groups excluding carboxylic acids is 2. The van der Waals surface area contributed by atoms with Gasteiger partial charge < -0.3 is 14.4 Å². The van der Waals surface area contributed by atoms with Gasteiger partial charge in [-0.3, -0.25) is 19.5 Å². The predicted octanol–water partition coefficient (Wildman–Crippen LogP) is 2.42. The molecule has 1 fully saturated rings. The molecule has 0 saturated carbocycles. The van der Waals surface area contributed by atoms with Crippen molar-refractivity contribution in [2.45, 2.75) is 12.2 Å². The molecular formula is C24H25N5O4. The van der Waals surface area contributed by atoms with Gasteiger partial charge in [0.05, 0.1) is 31.6 Å². The highest BCUT2D eigenvalue weighted by Crippen LogP contribution is 2.40. The first-order valence-corrected chi connectivity index (χ1v) is 10.7. The van der Waals surface area contributed by atoms with Crippen molar-refractivity contribution in [1.29, 1.82) is 0 Å². The van der Waals surface area contributed by atoms with Gasteiger partial charge in [0.15, 0.2) is 12.2 Å². The van der Waals surface area contributed by atoms with Crippen LogP contribution in [0, 0.1) is 0 Å². The second-order valence-electron chi connectivity index (χ2n) is 7.99. The van der Waals surface area contributed by atoms with Gasteiger partial charge in [-0.1, -0.05) is 36.4 Å². The van der Waals surface area contributed by atoms with Gasteiger partial charge in [-0.15, -0.1) is 0 Å². The fourth-order valence-electron chi connectivity index (χ4n) is 4.44. The second-order valence-corrected chi connectivity index (χ2v) is 7.99. The summed E-state index contributed by atoms with van der Waals surface area (Å²) in [6.07, 6.45) is 1.33. The molecule has 1 saturated heterocycles. The summed E-state index contributed by atoms with van der Waals surface area (Å²) >= 11 is 0. The van der Waals surface area contributed by atoms with Crippen LogP contribution >= 0.6 is 0 Å². The topological polar surface area (TPSA) is 77.9 Å². The minimum atomic E-state index is -0.645. The highest BCUT2D eigenvalue weighted by molar-refractivity contribution is 6.16. The lowest BCUT2D eigenvalue weighted by Crippen LogP contribution is -2.64. The van der Waals surface area contributed by atoms with E-state index in [1.54, 1.807) is 21.3 Å². The molecule has 0 aromatic heterocycles. The number of ether oxygens (including phenoxy) is 2. The van der Waals surface area contributed by atoms with Gasteiger partial charge in [0, 0.05) is 32.0 Å². The van der Waals surface area contributed by atoms with E-state index in [2.05, 4.69) is 0 Å². The molecule has 33 heavy (non-hydrogen) atoms. The van der Waals surface area contributed by atoms with Crippen LogP contribution in [0.15, 0.2) is 65.8 Å². The van der Waals surface area contributed by atoms with Crippen molar-refractivity contribution < 1.29 is 19.1 Å². The molecule has 0 aliphatic carbocycles. The zero-order valence-corrected chi connectivity index (χ0v) is 18.7. The summed E-state index contributed by atoms with van der Waals surface area (Å²) in [5, 5.41) is 0. The summed E-state index contributed by atoms with van der Waals surface area (Å²) in [5.74, 6) is 1.03. The number of carbonyl (C=O) groups is 2. The molecule has 170 valence electrons. The predicted molar refractivity (Wildman–Crippen MR) is 123 cm³/mol. The molecule has 0 N–H and O–H groups in total. The zero-order chi connectivity index (χ0) is 23.1. The Hall–Kier alpha value is -3.85. The van der Waals surface area contributed by atoms with E-state index in [4.69, 9.17) is 14.5 Å². The third kappa shape index (κ3) is 3.32. The first-order chi connectivity index (χ1) is 16.0. The monoisotopic (exact) mass is 447 g/mol. The SMILES string of the molecule is COCCN1C(=O)C2C(N=C3N(c4cccc(OC)c4)C(c4ccccc4)=CN32)N(C)C1=O. The number of anilines is 1. The van der Waals surface area contributed by atoms with E-state index in [9.17, 15) is 9.59 Å². The second kappa shape index (κ2) is 8.25. The largest absolute Gasteiger partial charge is 0.497 e. The Bertz CT molecular complexity index is 1150. The number of rotatable bonds is 6. The maximum Gasteiger partial charge on any atom is 0.328 e. The first-order valence-electron chi connectivity index (χ1n) is 10.7. The van der Waals surface area contributed by atoms with Crippen LogP contribution < -0.4 is 9.64 Å². The Morgan fingerprint density at radius 1 is 1.03 bits per heavy atom. The van der Waals surface area contributed by atoms with E-state index in [0.717, 1.165) is 16.9 Å². The molecule has 0 bridgehead atoms. The van der Waals surface area contributed by atoms with Crippen molar-refractivity contribution >= 4 is 29.3 Å². The van der Waals surface area contributed by atoms with Crippen LogP contribution in [0.2, 0.25) is 0 Å². The lowest BCUT2D eigenvalue weighted by atomic mass is 10.1. The minimum Gasteiger partial charge on any atom is -0.497 e. The summed E-state index contributed by atoms with van der Waals surface area (Å²) < 4.78 is 10.5. The Kier molecular flexibility index (Phi) is 5.26. The summed E-state index contributed by atoms with van der Waals surface area (Å²) in [5.41, 5.74) is 2.72. The first kappa shape index (κ1) is 21.0. The molecule has 3 aliphatic heterocycles. The van der Waals surface area contributed by atoms with Crippen LogP contribution in [-0.2, 0) is 9.53 Å². The summed E-state index contributed by atoms with van der Waals surface area (Å²) in [7, 11) is 4.85. The van der Waals surface area contributed by atoms with Crippen molar-refractivity contribution in [3.05, 3.63) is 66.4 Å². The third-order valence-corrected chi connectivity index (χ3v) is 6.11. The maximum absolute atomic E-state index is 13.4. The van der Waals surface area contributed by atoms with Gasteiger partial charge in [-0.05, 0) is 12.1 Å². The molecule has 5 rings (SSSR count). The number of imide groups is 1. The number of aliphatic imine (C=N–C) groups is 1. The number of benzene rings is 2. The van der Waals surface area contributed by atoms with Gasteiger partial charge in [-0.25, -0.2) is 9.79 Å². The third-order valence-electron chi connectivity index (χ3n) is 6.11. The van der Waals surface area contributed by atoms with Gasteiger partial charge in [0.25, 0.3) is 5.91 Å². The molecule has 3 heterocycles. The Balaban J connectivity index is 1.59. The molecule has 2 atom stereocenters. The van der Waals surface area contributed by atoms with Crippen molar-refractivity contribution in [2.75, 3.05) is 39.3 Å². The number of urea groups is 1. The van der Waals surface area contributed by atoms with Crippen LogP contribution in [0.1, 0.15) is 5.56 Å². The molecule has 3 aliphatic rings. The molecule has 2 aromatic rings. The van der Waals surface area contributed by atoms with E-state index < -0.39 is 12.2 Å². The van der Waals surface area contributed by atoms with E-state index in [1.165, 1.54) is 9.80 Å². The Morgan fingerprint density at radius 3 is 2.55 bits per heavy atom. The molecule has 9 heteroatoms. The summed E-state index contributed by atoms with van der Waals surface area (Å²) in [6.45, 7) is 0.469. The van der Waals surface area contributed by atoms with Crippen molar-refractivity contribution in [3.63, 3.8) is 0 Å². The van der Waals surface area contributed by atoms with Gasteiger partial charge in [0.1, 0.15) is 5.75 Å². The van der Waals surface area contributed by atoms with Crippen LogP contribution in [-0.4, -0.2) is 79.2 Å². The van der Waals surface area contributed by atoms with E-state index in [0.29, 0.717) is 11.7 Å². The van der Waals surface area contributed by atoms with Crippen LogP contribution in [0.3, 0.4) is 0 Å². The summed E-state index contributed by atoms with van der Waals surface area (Å²) in [4.78, 5) is 37.8. The smallest absolute Gasteiger partial charge is 0.328 e. The average molecular weight is 447 g/mol. The maximum atomic E-state index is 13.4. The highest BCUT2D eigenvalue weighted by atomic mass is 16.5. The Morgan fingerprint density at radius 2 is 1.82 bits per heavy atom. The number of methoxy groups -OCH3 is 2. The lowest BCUT2D eigenvalue weighted by molar-refractivity contribution is -0.137. The summed E-state index contributed by atoms with van der Waals surface area (Å²) in [6, 6.07) is 16.6. The highest BCUT2D eigenvalue weighted by Gasteiger charge is 2.54. The van der Waals surface area contributed by atoms with E-state index in [-0.39, 0.29) is 25.1 Å². The number of guanidine groups is 1. The lowest BCUT2D eigenvalue weighted by Gasteiger charge is -2.40. The van der Waals surface area contributed by atoms with Crippen molar-refractivity contribution in [2.24, 2.45) is 4.99 Å². The fraction of sp³-hybridized carbons (Fsp3) is 0.292. The minimum absolute atomic E-state index is 0.194. The molecule has 9 nitrogen and oxygen atoms in total. The number of likely N-dealkylation sites (N-methyl/N-ethyl adjacent to an activating group) is 1. The van der Waals surface area contributed by atoms with Crippen LogP contribution in [0.5, 0.6) is 5.75 Å². The normalized spacial score (nSPS) is 21.8. The molecule has 0 spiro atoms. The van der Waals surface area contributed by atoms with Gasteiger partial charge >= 0.3 is 6.03 Å². The quantitative estimate of drug-likeness (QED) is 0.677. The number of amides is 3. The van der Waals surface area contributed by atoms with Crippen molar-refractivity contribution in [3.8, 4) is 5.75 Å². The molecule has 2 aromatic carbocycles. The van der Waals surface area contributed by atoms with E-state index in [1.807, 2.05) is 70.6 Å². The van der Waals surface area contributed by atoms with Crippen LogP contribution in [0.25, 0.3) is 5.70 Å². The van der Waals surface area contributed by atoms with Gasteiger partial charge in [-0.2, -0.15) is 0 Å². The Labute approximate surface area is 192 Å². The molecule has 0 radical (unpaired) electrons. The standard InChI is InChI=1S/C24H25N5O4/c1-26-21-20(22(30)27(24(26)31)12-13-32-2)28-15-19(16-8-5-4-6-9-16)29(23(28)25-21)17-10-7-11-18(14-17)33-3/h4-11,14-15,20-21H,12-13H2,1-3H3. The average Bonchev–Trinajstić information content (AvgIpc) is 3.40. The van der Waals surface area contributed by atoms with E-state index >= 15 is 0 Å².